The molecule has 15 heteroatoms. The van der Waals surface area contributed by atoms with Gasteiger partial charge in [-0.3, -0.25) is 14.4 Å². The lowest BCUT2D eigenvalue weighted by Crippen LogP contribution is -2.51. The van der Waals surface area contributed by atoms with Crippen LogP contribution in [-0.4, -0.2) is 70.1 Å². The zero-order chi connectivity index (χ0) is 31.3. The van der Waals surface area contributed by atoms with Gasteiger partial charge in [0.25, 0.3) is 0 Å². The van der Waals surface area contributed by atoms with Crippen molar-refractivity contribution in [2.75, 3.05) is 13.1 Å². The van der Waals surface area contributed by atoms with E-state index in [0.717, 1.165) is 0 Å². The highest BCUT2D eigenvalue weighted by atomic mass is 35.5. The van der Waals surface area contributed by atoms with E-state index >= 15 is 0 Å². The highest BCUT2D eigenvalue weighted by Crippen LogP contribution is 2.19. The topological polar surface area (TPSA) is 196 Å². The van der Waals surface area contributed by atoms with Crippen molar-refractivity contribution in [3.8, 4) is 0 Å². The largest absolute Gasteiger partial charge is 0.330 e. The van der Waals surface area contributed by atoms with Gasteiger partial charge in [-0.25, -0.2) is 26.3 Å². The summed E-state index contributed by atoms with van der Waals surface area (Å²) in [6, 6.07) is 11.8. The summed E-state index contributed by atoms with van der Waals surface area (Å²) >= 11 is 12.4. The zero-order valence-electron chi connectivity index (χ0n) is 22.8. The van der Waals surface area contributed by atoms with E-state index in [4.69, 9.17) is 34.7 Å². The molecule has 0 aliphatic carbocycles. The van der Waals surface area contributed by atoms with Gasteiger partial charge < -0.3 is 11.5 Å². The molecule has 0 amide bonds. The molecule has 2 aromatic carbocycles. The van der Waals surface area contributed by atoms with Crippen LogP contribution in [0.25, 0.3) is 0 Å². The van der Waals surface area contributed by atoms with Crippen LogP contribution in [0.4, 0.5) is 0 Å². The smallest absolute Gasteiger partial charge is 0.241 e. The molecule has 0 spiro atoms. The lowest BCUT2D eigenvalue weighted by molar-refractivity contribution is -0.130. The molecule has 0 saturated heterocycles. The number of nitrogens with two attached hydrogens (primary N) is 2. The second-order valence-corrected chi connectivity index (χ2v) is 13.8. The molecule has 11 nitrogen and oxygen atoms in total. The van der Waals surface area contributed by atoms with Crippen molar-refractivity contribution < 1.29 is 31.2 Å². The molecule has 0 aliphatic heterocycles. The predicted octanol–water partition coefficient (Wildman–Crippen LogP) is 1.86. The minimum Gasteiger partial charge on any atom is -0.330 e. The molecule has 0 bridgehead atoms. The minimum absolute atomic E-state index is 0.0158. The number of nitrogens with one attached hydrogen (secondary N) is 2. The van der Waals surface area contributed by atoms with E-state index < -0.39 is 60.2 Å². The first kappa shape index (κ1) is 36.0. The van der Waals surface area contributed by atoms with E-state index in [2.05, 4.69) is 9.44 Å². The van der Waals surface area contributed by atoms with E-state index in [0.29, 0.717) is 25.7 Å². The summed E-state index contributed by atoms with van der Waals surface area (Å²) < 4.78 is 56.2. The highest BCUT2D eigenvalue weighted by molar-refractivity contribution is 7.89. The molecule has 232 valence electrons. The fourth-order valence-corrected chi connectivity index (χ4v) is 7.12. The van der Waals surface area contributed by atoms with Crippen LogP contribution in [0.5, 0.6) is 0 Å². The molecule has 0 radical (unpaired) electrons. The van der Waals surface area contributed by atoms with Gasteiger partial charge in [0.15, 0.2) is 28.1 Å². The average molecular weight is 664 g/mol. The van der Waals surface area contributed by atoms with Crippen molar-refractivity contribution >= 4 is 60.6 Å². The standard InChI is InChI=1S/C27H36Cl2N4O7S2/c28-23(25(34)21(15-7-9-17-30)32-41(37,38)19-11-3-1-4-12-19)27(36)24(29)26(35)22(16-8-10-18-31)33-42(39,40)20-13-5-2-6-14-20/h1-6,11-14,21-24,32-33H,7-10,15-18,30-31H2/t21-,22-,23?,24?/m0/s1. The average Bonchev–Trinajstić information content (AvgIpc) is 2.99. The van der Waals surface area contributed by atoms with Crippen molar-refractivity contribution in [1.29, 1.82) is 0 Å². The Hall–Kier alpha value is -2.23. The number of carbonyl (C=O) groups excluding carboxylic acids is 3. The Labute approximate surface area is 256 Å². The minimum atomic E-state index is -4.17. The lowest BCUT2D eigenvalue weighted by atomic mass is 9.96. The Balaban J connectivity index is 2.26. The first-order valence-electron chi connectivity index (χ1n) is 13.3. The molecule has 0 aliphatic rings. The number of unbranched alkanes of at least 4 members (excludes halogenated alkanes) is 2. The summed E-state index contributed by atoms with van der Waals surface area (Å²) in [6.45, 7) is 0.580. The van der Waals surface area contributed by atoms with Crippen LogP contribution in [0.3, 0.4) is 0 Å². The van der Waals surface area contributed by atoms with Crippen LogP contribution >= 0.6 is 23.2 Å². The maximum Gasteiger partial charge on any atom is 0.241 e. The van der Waals surface area contributed by atoms with E-state index in [1.165, 1.54) is 48.5 Å². The lowest BCUT2D eigenvalue weighted by Gasteiger charge is -2.23. The maximum absolute atomic E-state index is 13.3. The van der Waals surface area contributed by atoms with Crippen LogP contribution in [0.15, 0.2) is 70.5 Å². The summed E-state index contributed by atoms with van der Waals surface area (Å²) in [4.78, 5) is 39.6. The molecule has 42 heavy (non-hydrogen) atoms. The predicted molar refractivity (Wildman–Crippen MR) is 161 cm³/mol. The quantitative estimate of drug-likeness (QED) is 0.0929. The first-order chi connectivity index (χ1) is 19.9. The Morgan fingerprint density at radius 3 is 1.24 bits per heavy atom. The van der Waals surface area contributed by atoms with Crippen LogP contribution in [0, 0.1) is 0 Å². The van der Waals surface area contributed by atoms with Crippen molar-refractivity contribution in [1.82, 2.24) is 9.44 Å². The van der Waals surface area contributed by atoms with Gasteiger partial charge in [0.1, 0.15) is 0 Å². The van der Waals surface area contributed by atoms with Gasteiger partial charge in [-0.1, -0.05) is 49.2 Å². The SMILES string of the molecule is NCCCC[C@H](NS(=O)(=O)c1ccccc1)C(=O)C(Cl)C(=O)C(Cl)C(=O)[C@H](CCCCN)NS(=O)(=O)c1ccccc1. The first-order valence-corrected chi connectivity index (χ1v) is 17.1. The Morgan fingerprint density at radius 1 is 0.595 bits per heavy atom. The third-order valence-corrected chi connectivity index (χ3v) is 10.1. The normalized spacial score (nSPS) is 15.0. The van der Waals surface area contributed by atoms with Crippen molar-refractivity contribution in [2.45, 2.75) is 71.2 Å². The Bertz CT molecular complexity index is 1290. The van der Waals surface area contributed by atoms with Crippen LogP contribution in [0.1, 0.15) is 38.5 Å². The van der Waals surface area contributed by atoms with Gasteiger partial charge in [0.05, 0.1) is 21.9 Å². The number of halogens is 2. The number of rotatable bonds is 20. The van der Waals surface area contributed by atoms with Gasteiger partial charge in [0, 0.05) is 0 Å². The summed E-state index contributed by atoms with van der Waals surface area (Å²) in [6.07, 6.45) is 1.60. The van der Waals surface area contributed by atoms with Crippen molar-refractivity contribution in [3.63, 3.8) is 0 Å². The fraction of sp³-hybridized carbons (Fsp3) is 0.444. The summed E-state index contributed by atoms with van der Waals surface area (Å²) in [5, 5.41) is -3.98. The molecule has 2 rings (SSSR count). The number of hydrogen-bond donors (Lipinski definition) is 4. The molecular formula is C27H36Cl2N4O7S2. The van der Waals surface area contributed by atoms with Crippen molar-refractivity contribution in [2.24, 2.45) is 11.5 Å². The summed E-state index contributed by atoms with van der Waals surface area (Å²) in [5.74, 6) is -3.19. The number of alkyl halides is 2. The molecular weight excluding hydrogens is 627 g/mol. The number of ketones is 3. The molecule has 0 aromatic heterocycles. The monoisotopic (exact) mass is 662 g/mol. The van der Waals surface area contributed by atoms with E-state index in [-0.39, 0.29) is 35.7 Å². The molecule has 2 aromatic rings. The summed E-state index contributed by atoms with van der Waals surface area (Å²) in [7, 11) is -8.34. The Kier molecular flexibility index (Phi) is 14.7. The second kappa shape index (κ2) is 17.2. The number of carbonyl (C=O) groups is 3. The number of benzene rings is 2. The third-order valence-electron chi connectivity index (χ3n) is 6.28. The van der Waals surface area contributed by atoms with E-state index in [1.807, 2.05) is 0 Å². The van der Waals surface area contributed by atoms with Gasteiger partial charge in [0.2, 0.25) is 20.0 Å². The number of hydrogen-bond acceptors (Lipinski definition) is 9. The summed E-state index contributed by atoms with van der Waals surface area (Å²) in [5.41, 5.74) is 11.1. The molecule has 6 N–H and O–H groups in total. The van der Waals surface area contributed by atoms with Gasteiger partial charge in [-0.15, -0.1) is 23.2 Å². The zero-order valence-corrected chi connectivity index (χ0v) is 26.0. The van der Waals surface area contributed by atoms with Gasteiger partial charge in [-0.05, 0) is 63.0 Å². The molecule has 2 unspecified atom stereocenters. The van der Waals surface area contributed by atoms with Crippen LogP contribution < -0.4 is 20.9 Å². The number of sulfonamides is 2. The Morgan fingerprint density at radius 2 is 0.929 bits per heavy atom. The fourth-order valence-electron chi connectivity index (χ4n) is 3.98. The van der Waals surface area contributed by atoms with Gasteiger partial charge in [-0.2, -0.15) is 0 Å². The molecule has 0 heterocycles. The van der Waals surface area contributed by atoms with Crippen LogP contribution in [0.2, 0.25) is 0 Å². The molecule has 0 saturated carbocycles. The third kappa shape index (κ3) is 10.5. The number of Topliss-reactive ketones (excluding diaryl/α,β-unsaturated/α-hetero) is 3. The molecule has 4 atom stereocenters. The van der Waals surface area contributed by atoms with Crippen molar-refractivity contribution in [3.05, 3.63) is 60.7 Å². The van der Waals surface area contributed by atoms with E-state index in [9.17, 15) is 31.2 Å². The van der Waals surface area contributed by atoms with Gasteiger partial charge >= 0.3 is 0 Å². The molecule has 0 fully saturated rings. The van der Waals surface area contributed by atoms with Crippen LogP contribution in [-0.2, 0) is 34.4 Å². The van der Waals surface area contributed by atoms with E-state index in [1.54, 1.807) is 12.1 Å². The highest BCUT2D eigenvalue weighted by Gasteiger charge is 2.40. The second-order valence-electron chi connectivity index (χ2n) is 9.47. The maximum atomic E-state index is 13.3.